The molecule has 0 bridgehead atoms. The summed E-state index contributed by atoms with van der Waals surface area (Å²) in [6.07, 6.45) is 0.802. The molecule has 0 amide bonds. The Kier molecular flexibility index (Phi) is 21.1. The molecule has 0 aliphatic carbocycles. The van der Waals surface area contributed by atoms with Crippen molar-refractivity contribution in [2.24, 2.45) is 5.41 Å². The van der Waals surface area contributed by atoms with Crippen LogP contribution in [0.1, 0.15) is 290 Å². The lowest BCUT2D eigenvalue weighted by Crippen LogP contribution is -2.61. The van der Waals surface area contributed by atoms with E-state index in [0.717, 1.165) is 40.5 Å². The lowest BCUT2D eigenvalue weighted by atomic mass is 9.33. The number of rotatable bonds is 9. The minimum Gasteiger partial charge on any atom is -0.310 e. The van der Waals surface area contributed by atoms with Crippen LogP contribution in [-0.2, 0) is 60.6 Å². The van der Waals surface area contributed by atoms with Crippen LogP contribution in [0.5, 0.6) is 0 Å². The molecular formula is C123H141BN4. The van der Waals surface area contributed by atoms with Crippen molar-refractivity contribution < 1.29 is 0 Å². The molecule has 0 N–H and O–H groups in total. The summed E-state index contributed by atoms with van der Waals surface area (Å²) in [5, 5.41) is 5.07. The van der Waals surface area contributed by atoms with E-state index < -0.39 is 0 Å². The van der Waals surface area contributed by atoms with Crippen molar-refractivity contribution in [1.29, 1.82) is 0 Å². The lowest BCUT2D eigenvalue weighted by molar-refractivity contribution is 0.411. The third kappa shape index (κ3) is 16.2. The van der Waals surface area contributed by atoms with E-state index in [1.165, 1.54) is 177 Å². The van der Waals surface area contributed by atoms with Crippen molar-refractivity contribution in [2.75, 3.05) is 9.80 Å². The summed E-state index contributed by atoms with van der Waals surface area (Å²) >= 11 is 0. The Bertz CT molecular complexity index is 6270. The molecule has 0 saturated heterocycles. The van der Waals surface area contributed by atoms with Gasteiger partial charge in [-0.3, -0.25) is 0 Å². The fourth-order valence-corrected chi connectivity index (χ4v) is 20.1. The molecule has 15 aromatic rings. The van der Waals surface area contributed by atoms with Gasteiger partial charge in [0.25, 0.3) is 6.71 Å². The van der Waals surface area contributed by atoms with Crippen LogP contribution in [0.25, 0.3) is 99.5 Å². The molecule has 2 aliphatic rings. The van der Waals surface area contributed by atoms with Crippen LogP contribution < -0.4 is 26.2 Å². The summed E-state index contributed by atoms with van der Waals surface area (Å²) in [5.41, 5.74) is 40.0. The normalized spacial score (nSPS) is 14.0. The maximum Gasteiger partial charge on any atom is 0.252 e. The highest BCUT2D eigenvalue weighted by molar-refractivity contribution is 7.00. The van der Waals surface area contributed by atoms with E-state index >= 15 is 0 Å². The molecule has 0 fully saturated rings. The van der Waals surface area contributed by atoms with Gasteiger partial charge in [-0.15, -0.1) is 0 Å². The second-order valence-corrected chi connectivity index (χ2v) is 49.6. The van der Waals surface area contributed by atoms with Gasteiger partial charge < -0.3 is 18.9 Å². The fourth-order valence-electron chi connectivity index (χ4n) is 20.1. The molecule has 2 aliphatic heterocycles. The molecule has 5 heteroatoms. The summed E-state index contributed by atoms with van der Waals surface area (Å²) < 4.78 is 5.22. The third-order valence-electron chi connectivity index (χ3n) is 27.9. The van der Waals surface area contributed by atoms with Crippen LogP contribution in [0.3, 0.4) is 0 Å². The van der Waals surface area contributed by atoms with E-state index in [1.807, 2.05) is 0 Å². The Labute approximate surface area is 768 Å². The van der Waals surface area contributed by atoms with Crippen molar-refractivity contribution >= 4 is 101 Å². The highest BCUT2D eigenvalue weighted by Gasteiger charge is 2.47. The quantitative estimate of drug-likeness (QED) is 0.134. The monoisotopic (exact) mass is 1690 g/mol. The van der Waals surface area contributed by atoms with Crippen molar-refractivity contribution in [2.45, 2.75) is 289 Å². The topological polar surface area (TPSA) is 16.3 Å². The SMILES string of the molecule is CC(C)(C)Cc1cc2c3c(c1)N(c1c(-c4cccc(C(C)(C)C)c4)cc(C(C)(C)C)cc1-c1cccc(C(C)(C)C)c1)c1cc(-n4c5ccc(C(C)(C)C)cc5c5cc(C(C)(C)C)ccc54)ccc1B3c1ccc(-n3c4ccc(C(C)(C)C)cc4c4cc(C(C)(C)C)ccc43)cc1N2c1c(-c2cccc(C(C)(C)C)c2)cc(C(C)(C)C)cc1-c1cccc(C(C)(C)C)c1. The first-order chi connectivity index (χ1) is 59.4. The van der Waals surface area contributed by atoms with Crippen molar-refractivity contribution in [1.82, 2.24) is 9.13 Å². The van der Waals surface area contributed by atoms with Gasteiger partial charge in [0.1, 0.15) is 0 Å². The van der Waals surface area contributed by atoms with Crippen molar-refractivity contribution in [3.8, 4) is 55.9 Å². The lowest BCUT2D eigenvalue weighted by Gasteiger charge is -2.46. The zero-order valence-electron chi connectivity index (χ0n) is 83.7. The molecule has 2 aromatic heterocycles. The van der Waals surface area contributed by atoms with Gasteiger partial charge in [0, 0.05) is 77.9 Å². The number of hydrogen-bond acceptors (Lipinski definition) is 2. The Balaban J connectivity index is 1.11. The molecule has 4 nitrogen and oxygen atoms in total. The highest BCUT2D eigenvalue weighted by Crippen LogP contribution is 2.57. The second kappa shape index (κ2) is 30.4. The molecule has 0 radical (unpaired) electrons. The molecular weight excluding hydrogens is 1540 g/mol. The molecule has 4 heterocycles. The van der Waals surface area contributed by atoms with Gasteiger partial charge in [-0.1, -0.05) is 362 Å². The van der Waals surface area contributed by atoms with Crippen LogP contribution in [0.2, 0.25) is 0 Å². The highest BCUT2D eigenvalue weighted by atomic mass is 15.2. The number of hydrogen-bond donors (Lipinski definition) is 0. The number of nitrogens with zero attached hydrogens (tertiary/aromatic N) is 4. The summed E-state index contributed by atoms with van der Waals surface area (Å²) in [4.78, 5) is 5.68. The molecule has 0 atom stereocenters. The van der Waals surface area contributed by atoms with Crippen LogP contribution in [-0.4, -0.2) is 15.8 Å². The van der Waals surface area contributed by atoms with E-state index in [2.05, 4.69) is 490 Å². The predicted molar refractivity (Wildman–Crippen MR) is 561 cm³/mol. The van der Waals surface area contributed by atoms with Crippen LogP contribution >= 0.6 is 0 Å². The summed E-state index contributed by atoms with van der Waals surface area (Å²) in [7, 11) is 0. The Morgan fingerprint density at radius 3 is 0.695 bits per heavy atom. The largest absolute Gasteiger partial charge is 0.310 e. The van der Waals surface area contributed by atoms with Crippen LogP contribution in [0.15, 0.2) is 243 Å². The van der Waals surface area contributed by atoms with E-state index in [4.69, 9.17) is 0 Å². The fraction of sp³-hybridized carbons (Fsp3) is 0.366. The van der Waals surface area contributed by atoms with Gasteiger partial charge in [-0.05, 0) is 275 Å². The smallest absolute Gasteiger partial charge is 0.252 e. The van der Waals surface area contributed by atoms with Gasteiger partial charge in [0.05, 0.1) is 33.4 Å². The average Bonchev–Trinajstić information content (AvgIpc) is 0.706. The molecule has 13 aromatic carbocycles. The Morgan fingerprint density at radius 2 is 0.461 bits per heavy atom. The van der Waals surface area contributed by atoms with E-state index in [-0.39, 0.29) is 66.3 Å². The minimum absolute atomic E-state index is 0.0819. The van der Waals surface area contributed by atoms with Gasteiger partial charge >= 0.3 is 0 Å². The summed E-state index contributed by atoms with van der Waals surface area (Å²) in [6, 6.07) is 99.0. The number of aromatic nitrogens is 2. The van der Waals surface area contributed by atoms with Gasteiger partial charge in [0.2, 0.25) is 0 Å². The van der Waals surface area contributed by atoms with Crippen LogP contribution in [0, 0.1) is 5.41 Å². The summed E-state index contributed by atoms with van der Waals surface area (Å²) in [6.45, 7) is 78.2. The van der Waals surface area contributed by atoms with Crippen molar-refractivity contribution in [3.63, 3.8) is 0 Å². The first-order valence-electron chi connectivity index (χ1n) is 47.4. The van der Waals surface area contributed by atoms with E-state index in [1.54, 1.807) is 0 Å². The summed E-state index contributed by atoms with van der Waals surface area (Å²) in [5.74, 6) is 0. The minimum atomic E-state index is -0.295. The molecule has 656 valence electrons. The van der Waals surface area contributed by atoms with Gasteiger partial charge in [-0.2, -0.15) is 0 Å². The van der Waals surface area contributed by atoms with Gasteiger partial charge in [0.15, 0.2) is 0 Å². The maximum atomic E-state index is 2.84. The molecule has 0 unspecified atom stereocenters. The predicted octanol–water partition coefficient (Wildman–Crippen LogP) is 33.2. The van der Waals surface area contributed by atoms with E-state index in [9.17, 15) is 0 Å². The molecule has 128 heavy (non-hydrogen) atoms. The molecule has 17 rings (SSSR count). The van der Waals surface area contributed by atoms with Crippen LogP contribution in [0.4, 0.5) is 34.1 Å². The average molecular weight is 1690 g/mol. The number of benzene rings is 13. The first-order valence-corrected chi connectivity index (χ1v) is 47.4. The maximum absolute atomic E-state index is 2.84. The molecule has 0 spiro atoms. The zero-order chi connectivity index (χ0) is 92.3. The number of fused-ring (bicyclic) bond motifs is 10. The first kappa shape index (κ1) is 89.1. The van der Waals surface area contributed by atoms with Crippen molar-refractivity contribution in [3.05, 3.63) is 304 Å². The Hall–Kier alpha value is -10.9. The molecule has 0 saturated carbocycles. The standard InChI is InChI=1S/C123H141BN4/c1-113(2,3)74-75-58-108-110-109(59-75)128(112-94(78-40-36-44-82(62-78)116(10,11)12)70-89(123(31,32)33)71-95(112)79-41-37-45-83(63-79)117(13,14)15)107-73-91(126-104-56-48-86(120(22,23)24)66-98(104)99-67-87(121(25,26)27)49-57-105(99)126)51-53-101(107)124(110)100-52-50-90(125-102-54-46-84(118(16,17)18)64-96(102)97-65-85(119(19,20)21)47-55-103(97)125)72-106(100)127(108)111-92(76-38-34-42-80(60-76)114(4,5)6)68-88(122(28,29)30)69-93(111)77-39-35-43-81(61-77)115(7,8)9/h34-73H,74H2,1-33H3. The number of anilines is 6. The zero-order valence-corrected chi connectivity index (χ0v) is 83.7. The Morgan fingerprint density at radius 1 is 0.219 bits per heavy atom. The second-order valence-electron chi connectivity index (χ2n) is 49.6. The third-order valence-corrected chi connectivity index (χ3v) is 27.9. The van der Waals surface area contributed by atoms with Gasteiger partial charge in [-0.25, -0.2) is 0 Å². The van der Waals surface area contributed by atoms with E-state index in [0.29, 0.717) is 0 Å².